The van der Waals surface area contributed by atoms with Crippen LogP contribution in [0.2, 0.25) is 0 Å². The minimum atomic E-state index is -1.25. The third-order valence-corrected chi connectivity index (χ3v) is 0.270. The molecular weight excluding hydrogens is 116 g/mol. The maximum Gasteiger partial charge on any atom is 0.465 e. The topological polar surface area (TPSA) is 88.0 Å². The number of nitrogens with zero attached hydrogens (tertiary/aromatic N) is 1. The van der Waals surface area contributed by atoms with Crippen LogP contribution in [0.3, 0.4) is 0 Å². The summed E-state index contributed by atoms with van der Waals surface area (Å²) in [7, 11) is 0. The van der Waals surface area contributed by atoms with E-state index in [2.05, 4.69) is 9.83 Å². The lowest BCUT2D eigenvalue weighted by atomic mass is 11.2. The second-order valence-corrected chi connectivity index (χ2v) is 0.662. The van der Waals surface area contributed by atoms with Crippen molar-refractivity contribution in [1.29, 1.82) is 0 Å². The molecule has 0 aliphatic carbocycles. The van der Waals surface area contributed by atoms with Crippen LogP contribution >= 0.6 is 0 Å². The second kappa shape index (κ2) is 3.94. The van der Waals surface area contributed by atoms with Crippen LogP contribution in [0.25, 0.3) is 0 Å². The third-order valence-electron chi connectivity index (χ3n) is 0.270. The van der Waals surface area contributed by atoms with Crippen molar-refractivity contribution in [2.45, 2.75) is 0 Å². The number of hydrogen-bond acceptors (Lipinski definition) is 5. The highest BCUT2D eigenvalue weighted by Gasteiger charge is 1.93. The molecule has 0 fully saturated rings. The summed E-state index contributed by atoms with van der Waals surface area (Å²) in [6, 6.07) is 0. The molecule has 0 aromatic heterocycles. The molecule has 0 radical (unpaired) electrons. The molecule has 1 amide bonds. The molecule has 0 aliphatic heterocycles. The Hall–Kier alpha value is -1.23. The standard InChI is InChI=1S/C2H2N2O4/c5-1-3-2(6)8-4-7/h4,7H. The van der Waals surface area contributed by atoms with Crippen LogP contribution in [-0.4, -0.2) is 17.4 Å². The molecule has 0 heterocycles. The van der Waals surface area contributed by atoms with E-state index >= 15 is 0 Å². The first-order chi connectivity index (χ1) is 3.81. The average molecular weight is 118 g/mol. The van der Waals surface area contributed by atoms with Crippen molar-refractivity contribution in [1.82, 2.24) is 5.64 Å². The predicted octanol–water partition coefficient (Wildman–Crippen LogP) is -0.647. The van der Waals surface area contributed by atoms with Crippen LogP contribution in [0, 0.1) is 0 Å². The predicted molar refractivity (Wildman–Crippen MR) is 19.5 cm³/mol. The first-order valence-corrected chi connectivity index (χ1v) is 1.49. The van der Waals surface area contributed by atoms with Crippen molar-refractivity contribution in [3.8, 4) is 0 Å². The maximum atomic E-state index is 9.77. The Morgan fingerprint density at radius 1 is 1.88 bits per heavy atom. The summed E-state index contributed by atoms with van der Waals surface area (Å²) in [5, 5.41) is 7.58. The van der Waals surface area contributed by atoms with Crippen LogP contribution in [0.5, 0.6) is 0 Å². The van der Waals surface area contributed by atoms with Crippen molar-refractivity contribution >= 4 is 12.2 Å². The summed E-state index contributed by atoms with van der Waals surface area (Å²) in [4.78, 5) is 24.9. The largest absolute Gasteiger partial charge is 0.465 e. The van der Waals surface area contributed by atoms with E-state index in [1.165, 1.54) is 0 Å². The molecule has 0 aromatic rings. The van der Waals surface area contributed by atoms with Gasteiger partial charge in [0, 0.05) is 0 Å². The number of rotatable bonds is 1. The molecule has 0 unspecified atom stereocenters. The summed E-state index contributed by atoms with van der Waals surface area (Å²) >= 11 is 0. The van der Waals surface area contributed by atoms with E-state index in [1.54, 1.807) is 0 Å². The Morgan fingerprint density at radius 2 is 2.50 bits per heavy atom. The summed E-state index contributed by atoms with van der Waals surface area (Å²) in [6.45, 7) is 0. The number of carbonyl (C=O) groups excluding carboxylic acids is 2. The first-order valence-electron chi connectivity index (χ1n) is 1.49. The summed E-state index contributed by atoms with van der Waals surface area (Å²) < 4.78 is 0. The van der Waals surface area contributed by atoms with E-state index in [-0.39, 0.29) is 0 Å². The molecule has 6 nitrogen and oxygen atoms in total. The smallest absolute Gasteiger partial charge is 0.325 e. The Labute approximate surface area is 43.7 Å². The maximum absolute atomic E-state index is 9.77. The molecular formula is C2H2N2O4. The number of nitrogens with one attached hydrogen (secondary N) is 1. The number of carbonyl (C=O) groups is 1. The van der Waals surface area contributed by atoms with Gasteiger partial charge in [0.15, 0.2) is 0 Å². The van der Waals surface area contributed by atoms with Gasteiger partial charge in [-0.15, -0.1) is 0 Å². The van der Waals surface area contributed by atoms with Gasteiger partial charge in [-0.1, -0.05) is 4.99 Å². The SMILES string of the molecule is O=C=NC(=O)ONO. The Balaban J connectivity index is 3.49. The van der Waals surface area contributed by atoms with Gasteiger partial charge in [-0.3, -0.25) is 5.21 Å². The third kappa shape index (κ3) is 2.98. The molecule has 8 heavy (non-hydrogen) atoms. The quantitative estimate of drug-likeness (QED) is 0.271. The van der Waals surface area contributed by atoms with Crippen molar-refractivity contribution in [3.63, 3.8) is 0 Å². The first kappa shape index (κ1) is 6.77. The van der Waals surface area contributed by atoms with Gasteiger partial charge in [0.2, 0.25) is 6.08 Å². The van der Waals surface area contributed by atoms with Gasteiger partial charge in [0.25, 0.3) is 0 Å². The van der Waals surface area contributed by atoms with Gasteiger partial charge in [0.05, 0.1) is 0 Å². The summed E-state index contributed by atoms with van der Waals surface area (Å²) in [6.07, 6.45) is -0.346. The molecule has 6 heteroatoms. The number of aliphatic imine (C=N–C) groups is 1. The van der Waals surface area contributed by atoms with E-state index in [1.807, 2.05) is 0 Å². The fraction of sp³-hybridized carbons (Fsp3) is 0. The van der Waals surface area contributed by atoms with Crippen LogP contribution in [-0.2, 0) is 9.63 Å². The lowest BCUT2D eigenvalue weighted by Gasteiger charge is -1.87. The normalized spacial score (nSPS) is 7.12. The molecule has 0 saturated heterocycles. The fourth-order valence-electron chi connectivity index (χ4n) is 0.0991. The highest BCUT2D eigenvalue weighted by molar-refractivity contribution is 5.73. The molecule has 44 valence electrons. The van der Waals surface area contributed by atoms with E-state index < -0.39 is 6.09 Å². The zero-order chi connectivity index (χ0) is 6.41. The van der Waals surface area contributed by atoms with Gasteiger partial charge < -0.3 is 4.84 Å². The van der Waals surface area contributed by atoms with Gasteiger partial charge in [-0.2, -0.15) is 0 Å². The Morgan fingerprint density at radius 3 is 2.88 bits per heavy atom. The minimum absolute atomic E-state index is 0.902. The van der Waals surface area contributed by atoms with Gasteiger partial charge in [-0.25, -0.2) is 9.59 Å². The molecule has 0 aromatic carbocycles. The van der Waals surface area contributed by atoms with E-state index in [9.17, 15) is 9.59 Å². The fourth-order valence-corrected chi connectivity index (χ4v) is 0.0991. The Kier molecular flexibility index (Phi) is 3.34. The molecule has 0 bridgehead atoms. The molecule has 0 atom stereocenters. The Bertz CT molecular complexity index is 126. The average Bonchev–Trinajstić information content (AvgIpc) is 1.68. The zero-order valence-corrected chi connectivity index (χ0v) is 3.62. The zero-order valence-electron chi connectivity index (χ0n) is 3.62. The van der Waals surface area contributed by atoms with Crippen molar-refractivity contribution in [2.75, 3.05) is 0 Å². The molecule has 0 saturated carbocycles. The van der Waals surface area contributed by atoms with Crippen LogP contribution in [0.1, 0.15) is 0 Å². The van der Waals surface area contributed by atoms with E-state index in [0.29, 0.717) is 0 Å². The summed E-state index contributed by atoms with van der Waals surface area (Å²) in [5.41, 5.74) is 1.03. The molecule has 0 rings (SSSR count). The van der Waals surface area contributed by atoms with Crippen molar-refractivity contribution in [2.24, 2.45) is 4.99 Å². The number of amides is 1. The summed E-state index contributed by atoms with van der Waals surface area (Å²) in [5.74, 6) is 0. The lowest BCUT2D eigenvalue weighted by molar-refractivity contribution is -0.0738. The van der Waals surface area contributed by atoms with Crippen LogP contribution in [0.15, 0.2) is 4.99 Å². The van der Waals surface area contributed by atoms with E-state index in [0.717, 1.165) is 11.7 Å². The highest BCUT2D eigenvalue weighted by Crippen LogP contribution is 1.72. The lowest BCUT2D eigenvalue weighted by Crippen LogP contribution is -2.11. The number of isocyanates is 1. The van der Waals surface area contributed by atoms with Gasteiger partial charge in [0.1, 0.15) is 0 Å². The molecule has 2 N–H and O–H groups in total. The number of hydrogen-bond donors (Lipinski definition) is 2. The minimum Gasteiger partial charge on any atom is -0.325 e. The van der Waals surface area contributed by atoms with Crippen molar-refractivity contribution < 1.29 is 19.6 Å². The monoisotopic (exact) mass is 118 g/mol. The molecule has 0 spiro atoms. The van der Waals surface area contributed by atoms with Crippen molar-refractivity contribution in [3.05, 3.63) is 0 Å². The van der Waals surface area contributed by atoms with Crippen LogP contribution in [0.4, 0.5) is 4.79 Å². The second-order valence-electron chi connectivity index (χ2n) is 0.662. The molecule has 0 aliphatic rings. The van der Waals surface area contributed by atoms with Gasteiger partial charge in [-0.05, 0) is 5.64 Å². The highest BCUT2D eigenvalue weighted by atomic mass is 16.9. The van der Waals surface area contributed by atoms with E-state index in [4.69, 9.17) is 5.21 Å². The van der Waals surface area contributed by atoms with Gasteiger partial charge >= 0.3 is 6.09 Å². The van der Waals surface area contributed by atoms with Crippen LogP contribution < -0.4 is 5.64 Å².